The summed E-state index contributed by atoms with van der Waals surface area (Å²) in [5.41, 5.74) is 0.516. The van der Waals surface area contributed by atoms with Crippen molar-refractivity contribution in [1.29, 1.82) is 5.26 Å². The third-order valence-corrected chi connectivity index (χ3v) is 2.54. The van der Waals surface area contributed by atoms with Crippen LogP contribution < -0.4 is 4.90 Å². The minimum Gasteiger partial charge on any atom is -0.349 e. The van der Waals surface area contributed by atoms with Crippen LogP contribution in [0.1, 0.15) is 19.5 Å². The highest BCUT2D eigenvalue weighted by Crippen LogP contribution is 2.19. The van der Waals surface area contributed by atoms with Crippen molar-refractivity contribution in [1.82, 2.24) is 4.98 Å². The van der Waals surface area contributed by atoms with Gasteiger partial charge in [0.05, 0.1) is 0 Å². The van der Waals surface area contributed by atoms with Gasteiger partial charge in [-0.15, -0.1) is 11.3 Å². The molecule has 12 heavy (non-hydrogen) atoms. The molecule has 0 radical (unpaired) electrons. The number of rotatable bonds is 3. The summed E-state index contributed by atoms with van der Waals surface area (Å²) in [6, 6.07) is 2.02. The summed E-state index contributed by atoms with van der Waals surface area (Å²) in [5, 5.41) is 11.3. The number of hydrogen-bond donors (Lipinski definition) is 0. The largest absolute Gasteiger partial charge is 0.349 e. The van der Waals surface area contributed by atoms with Gasteiger partial charge >= 0.3 is 0 Å². The second-order valence-corrected chi connectivity index (χ2v) is 3.14. The summed E-state index contributed by atoms with van der Waals surface area (Å²) in [6.07, 6.45) is 0. The van der Waals surface area contributed by atoms with E-state index in [-0.39, 0.29) is 0 Å². The molecule has 64 valence electrons. The van der Waals surface area contributed by atoms with Gasteiger partial charge in [0.1, 0.15) is 6.07 Å². The van der Waals surface area contributed by atoms with Crippen LogP contribution in [-0.4, -0.2) is 18.1 Å². The van der Waals surface area contributed by atoms with Gasteiger partial charge in [0.15, 0.2) is 10.8 Å². The maximum Gasteiger partial charge on any atom is 0.186 e. The van der Waals surface area contributed by atoms with Crippen molar-refractivity contribution in [3.05, 3.63) is 11.1 Å². The van der Waals surface area contributed by atoms with Crippen LogP contribution in [0.4, 0.5) is 5.13 Å². The normalized spacial score (nSPS) is 9.42. The fourth-order valence-corrected chi connectivity index (χ4v) is 1.84. The van der Waals surface area contributed by atoms with Crippen molar-refractivity contribution in [2.45, 2.75) is 13.8 Å². The van der Waals surface area contributed by atoms with Gasteiger partial charge in [-0.2, -0.15) is 5.26 Å². The minimum atomic E-state index is 0.516. The smallest absolute Gasteiger partial charge is 0.186 e. The summed E-state index contributed by atoms with van der Waals surface area (Å²) in [6.45, 7) is 6.04. The fourth-order valence-electron chi connectivity index (χ4n) is 0.955. The molecule has 0 aliphatic heterocycles. The van der Waals surface area contributed by atoms with Gasteiger partial charge in [-0.25, -0.2) is 4.98 Å². The van der Waals surface area contributed by atoms with Crippen LogP contribution in [0.25, 0.3) is 0 Å². The van der Waals surface area contributed by atoms with Crippen LogP contribution in [-0.2, 0) is 0 Å². The zero-order valence-electron chi connectivity index (χ0n) is 7.24. The van der Waals surface area contributed by atoms with Crippen molar-refractivity contribution in [2.24, 2.45) is 0 Å². The van der Waals surface area contributed by atoms with E-state index in [2.05, 4.69) is 23.7 Å². The van der Waals surface area contributed by atoms with E-state index < -0.39 is 0 Å². The first kappa shape index (κ1) is 9.01. The summed E-state index contributed by atoms with van der Waals surface area (Å²) in [4.78, 5) is 6.28. The first-order valence-corrected chi connectivity index (χ1v) is 4.80. The van der Waals surface area contributed by atoms with E-state index in [1.165, 1.54) is 11.3 Å². The molecule has 0 aliphatic carbocycles. The van der Waals surface area contributed by atoms with E-state index in [9.17, 15) is 0 Å². The Morgan fingerprint density at radius 3 is 2.67 bits per heavy atom. The summed E-state index contributed by atoms with van der Waals surface area (Å²) in [7, 11) is 0. The van der Waals surface area contributed by atoms with Crippen molar-refractivity contribution in [3.8, 4) is 6.07 Å². The quantitative estimate of drug-likeness (QED) is 0.714. The molecule has 1 rings (SSSR count). The van der Waals surface area contributed by atoms with Crippen molar-refractivity contribution < 1.29 is 0 Å². The summed E-state index contributed by atoms with van der Waals surface area (Å²) < 4.78 is 0. The molecule has 1 aromatic heterocycles. The molecular weight excluding hydrogens is 170 g/mol. The number of hydrogen-bond acceptors (Lipinski definition) is 4. The molecule has 0 spiro atoms. The molecule has 0 saturated carbocycles. The zero-order valence-corrected chi connectivity index (χ0v) is 8.06. The fraction of sp³-hybridized carbons (Fsp3) is 0.500. The Bertz CT molecular complexity index is 283. The van der Waals surface area contributed by atoms with E-state index in [1.807, 2.05) is 6.07 Å². The molecule has 1 aromatic rings. The molecule has 1 heterocycles. The molecule has 0 aliphatic rings. The van der Waals surface area contributed by atoms with Gasteiger partial charge in [-0.3, -0.25) is 0 Å². The van der Waals surface area contributed by atoms with Crippen LogP contribution >= 0.6 is 11.3 Å². The van der Waals surface area contributed by atoms with E-state index in [0.29, 0.717) is 5.69 Å². The van der Waals surface area contributed by atoms with Gasteiger partial charge in [0, 0.05) is 18.5 Å². The predicted octanol–water partition coefficient (Wildman–Crippen LogP) is 1.86. The molecule has 0 saturated heterocycles. The highest BCUT2D eigenvalue weighted by atomic mass is 32.1. The highest BCUT2D eigenvalue weighted by molar-refractivity contribution is 7.13. The molecule has 0 aromatic carbocycles. The second-order valence-electron chi connectivity index (χ2n) is 2.30. The maximum absolute atomic E-state index is 8.55. The van der Waals surface area contributed by atoms with Crippen molar-refractivity contribution in [2.75, 3.05) is 18.0 Å². The first-order valence-electron chi connectivity index (χ1n) is 3.92. The predicted molar refractivity (Wildman–Crippen MR) is 50.4 cm³/mol. The average molecular weight is 181 g/mol. The molecule has 3 nitrogen and oxygen atoms in total. The molecule has 4 heteroatoms. The van der Waals surface area contributed by atoms with Gasteiger partial charge in [0.25, 0.3) is 0 Å². The number of nitriles is 1. The van der Waals surface area contributed by atoms with Crippen LogP contribution in [0.5, 0.6) is 0 Å². The third kappa shape index (κ3) is 1.74. The Labute approximate surface area is 76.3 Å². The second kappa shape index (κ2) is 4.07. The lowest BCUT2D eigenvalue weighted by Gasteiger charge is -2.16. The van der Waals surface area contributed by atoms with E-state index in [1.54, 1.807) is 5.38 Å². The number of thiazole rings is 1. The van der Waals surface area contributed by atoms with Gasteiger partial charge in [-0.1, -0.05) is 0 Å². The van der Waals surface area contributed by atoms with E-state index >= 15 is 0 Å². The SMILES string of the molecule is CCN(CC)c1nc(C#N)cs1. The van der Waals surface area contributed by atoms with Crippen LogP contribution in [0.3, 0.4) is 0 Å². The maximum atomic E-state index is 8.55. The van der Waals surface area contributed by atoms with Crippen molar-refractivity contribution in [3.63, 3.8) is 0 Å². The topological polar surface area (TPSA) is 39.9 Å². The van der Waals surface area contributed by atoms with Gasteiger partial charge in [0.2, 0.25) is 0 Å². The molecule has 0 N–H and O–H groups in total. The van der Waals surface area contributed by atoms with E-state index in [0.717, 1.165) is 18.2 Å². The van der Waals surface area contributed by atoms with Crippen LogP contribution in [0.15, 0.2) is 5.38 Å². The van der Waals surface area contributed by atoms with Crippen LogP contribution in [0.2, 0.25) is 0 Å². The van der Waals surface area contributed by atoms with Crippen molar-refractivity contribution >= 4 is 16.5 Å². The van der Waals surface area contributed by atoms with Gasteiger partial charge in [-0.05, 0) is 13.8 Å². The standard InChI is InChI=1S/C8H11N3S/c1-3-11(4-2)8-10-7(5-9)6-12-8/h6H,3-4H2,1-2H3. The molecule has 0 atom stereocenters. The monoisotopic (exact) mass is 181 g/mol. The lowest BCUT2D eigenvalue weighted by Crippen LogP contribution is -2.21. The summed E-state index contributed by atoms with van der Waals surface area (Å²) in [5.74, 6) is 0. The minimum absolute atomic E-state index is 0.516. The third-order valence-electron chi connectivity index (χ3n) is 1.64. The molecular formula is C8H11N3S. The Morgan fingerprint density at radius 2 is 2.25 bits per heavy atom. The number of aromatic nitrogens is 1. The van der Waals surface area contributed by atoms with Crippen LogP contribution in [0, 0.1) is 11.3 Å². The Balaban J connectivity index is 2.81. The number of nitrogens with zero attached hydrogens (tertiary/aromatic N) is 3. The Kier molecular flexibility index (Phi) is 3.06. The first-order chi connectivity index (χ1) is 5.81. The Hall–Kier alpha value is -1.08. The summed E-state index contributed by atoms with van der Waals surface area (Å²) >= 11 is 1.52. The molecule has 0 unspecified atom stereocenters. The lowest BCUT2D eigenvalue weighted by molar-refractivity contribution is 0.859. The zero-order chi connectivity index (χ0) is 8.97. The van der Waals surface area contributed by atoms with Gasteiger partial charge < -0.3 is 4.90 Å². The molecule has 0 fully saturated rings. The van der Waals surface area contributed by atoms with E-state index in [4.69, 9.17) is 5.26 Å². The number of anilines is 1. The molecule has 0 bridgehead atoms. The Morgan fingerprint density at radius 1 is 1.58 bits per heavy atom. The highest BCUT2D eigenvalue weighted by Gasteiger charge is 2.06. The molecule has 0 amide bonds. The lowest BCUT2D eigenvalue weighted by atomic mass is 10.5. The average Bonchev–Trinajstić information content (AvgIpc) is 2.55.